The molecule has 3 rings (SSSR count). The largest absolute Gasteiger partial charge is 0.483 e. The number of rotatable bonds is 6. The molecule has 0 bridgehead atoms. The Hall–Kier alpha value is -3.41. The summed E-state index contributed by atoms with van der Waals surface area (Å²) in [5, 5.41) is 6.02. The molecule has 3 aromatic rings. The molecule has 138 valence electrons. The Bertz CT molecular complexity index is 939. The van der Waals surface area contributed by atoms with Crippen LogP contribution in [0.1, 0.15) is 16.8 Å². The predicted octanol–water partition coefficient (Wildman–Crippen LogP) is 4.16. The van der Waals surface area contributed by atoms with Crippen molar-refractivity contribution in [3.63, 3.8) is 0 Å². The van der Waals surface area contributed by atoms with Gasteiger partial charge in [0.1, 0.15) is 17.9 Å². The molecule has 1 amide bonds. The van der Waals surface area contributed by atoms with Crippen molar-refractivity contribution in [3.8, 4) is 5.75 Å². The zero-order chi connectivity index (χ0) is 19.2. The van der Waals surface area contributed by atoms with Crippen LogP contribution in [0.2, 0.25) is 0 Å². The minimum atomic E-state index is -0.206. The molecule has 2 aromatic carbocycles. The van der Waals surface area contributed by atoms with E-state index in [0.717, 1.165) is 34.1 Å². The predicted molar refractivity (Wildman–Crippen MR) is 107 cm³/mol. The normalized spacial score (nSPS) is 10.3. The summed E-state index contributed by atoms with van der Waals surface area (Å²) in [5.74, 6) is 1.24. The maximum absolute atomic E-state index is 12.1. The minimum Gasteiger partial charge on any atom is -0.483 e. The van der Waals surface area contributed by atoms with Crippen LogP contribution >= 0.6 is 0 Å². The molecule has 2 N–H and O–H groups in total. The molecular formula is C21H22N4O2. The van der Waals surface area contributed by atoms with Gasteiger partial charge >= 0.3 is 0 Å². The van der Waals surface area contributed by atoms with Crippen LogP contribution in [0.5, 0.6) is 5.75 Å². The Morgan fingerprint density at radius 1 is 1.00 bits per heavy atom. The van der Waals surface area contributed by atoms with E-state index in [1.165, 1.54) is 6.33 Å². The van der Waals surface area contributed by atoms with Crippen LogP contribution in [0.4, 0.5) is 17.2 Å². The van der Waals surface area contributed by atoms with Crippen molar-refractivity contribution in [1.82, 2.24) is 9.97 Å². The molecule has 0 radical (unpaired) electrons. The fraction of sp³-hybridized carbons (Fsp3) is 0.190. The molecule has 0 saturated heterocycles. The van der Waals surface area contributed by atoms with Gasteiger partial charge in [-0.1, -0.05) is 12.1 Å². The highest BCUT2D eigenvalue weighted by atomic mass is 16.5. The van der Waals surface area contributed by atoms with Crippen LogP contribution in [0.3, 0.4) is 0 Å². The van der Waals surface area contributed by atoms with Gasteiger partial charge in [0.25, 0.3) is 5.91 Å². The van der Waals surface area contributed by atoms with Gasteiger partial charge in [0.15, 0.2) is 6.61 Å². The van der Waals surface area contributed by atoms with Gasteiger partial charge in [-0.15, -0.1) is 0 Å². The zero-order valence-corrected chi connectivity index (χ0v) is 15.6. The number of benzene rings is 2. The smallest absolute Gasteiger partial charge is 0.262 e. The first-order valence-corrected chi connectivity index (χ1v) is 8.66. The topological polar surface area (TPSA) is 76.1 Å². The van der Waals surface area contributed by atoms with E-state index in [9.17, 15) is 4.79 Å². The van der Waals surface area contributed by atoms with Gasteiger partial charge in [-0.05, 0) is 62.2 Å². The van der Waals surface area contributed by atoms with Crippen molar-refractivity contribution in [2.45, 2.75) is 20.8 Å². The summed E-state index contributed by atoms with van der Waals surface area (Å²) in [7, 11) is 0. The van der Waals surface area contributed by atoms with E-state index in [0.29, 0.717) is 5.69 Å². The lowest BCUT2D eigenvalue weighted by Crippen LogP contribution is -2.20. The van der Waals surface area contributed by atoms with E-state index >= 15 is 0 Å². The second-order valence-corrected chi connectivity index (χ2v) is 6.28. The number of carbonyl (C=O) groups is 1. The highest BCUT2D eigenvalue weighted by molar-refractivity contribution is 5.92. The van der Waals surface area contributed by atoms with Gasteiger partial charge in [0, 0.05) is 23.1 Å². The Morgan fingerprint density at radius 2 is 1.74 bits per heavy atom. The Morgan fingerprint density at radius 3 is 2.48 bits per heavy atom. The maximum atomic E-state index is 12.1. The summed E-state index contributed by atoms with van der Waals surface area (Å²) >= 11 is 0. The fourth-order valence-corrected chi connectivity index (χ4v) is 2.53. The second kappa shape index (κ2) is 8.31. The number of hydrogen-bond acceptors (Lipinski definition) is 5. The number of nitrogens with zero attached hydrogens (tertiary/aromatic N) is 2. The SMILES string of the molecule is Cc1cc(Nc2ccc(NC(=O)COc3cccc(C)c3C)cc2)ncn1. The van der Waals surface area contributed by atoms with E-state index in [-0.39, 0.29) is 12.5 Å². The maximum Gasteiger partial charge on any atom is 0.262 e. The van der Waals surface area contributed by atoms with Crippen molar-refractivity contribution in [2.75, 3.05) is 17.2 Å². The molecule has 1 aromatic heterocycles. The lowest BCUT2D eigenvalue weighted by molar-refractivity contribution is -0.118. The first kappa shape index (κ1) is 18.4. The number of amides is 1. The van der Waals surface area contributed by atoms with Gasteiger partial charge < -0.3 is 15.4 Å². The van der Waals surface area contributed by atoms with E-state index in [4.69, 9.17) is 4.74 Å². The van der Waals surface area contributed by atoms with Gasteiger partial charge in [0.2, 0.25) is 0 Å². The van der Waals surface area contributed by atoms with Gasteiger partial charge in [-0.2, -0.15) is 0 Å². The molecule has 0 aliphatic rings. The monoisotopic (exact) mass is 362 g/mol. The van der Waals surface area contributed by atoms with Crippen LogP contribution < -0.4 is 15.4 Å². The van der Waals surface area contributed by atoms with Crippen LogP contribution in [0, 0.1) is 20.8 Å². The Kier molecular flexibility index (Phi) is 5.66. The third-order valence-electron chi connectivity index (χ3n) is 4.16. The molecule has 27 heavy (non-hydrogen) atoms. The summed E-state index contributed by atoms with van der Waals surface area (Å²) in [4.78, 5) is 20.4. The summed E-state index contributed by atoms with van der Waals surface area (Å²) in [6.45, 7) is 5.87. The van der Waals surface area contributed by atoms with Gasteiger partial charge in [-0.25, -0.2) is 9.97 Å². The molecular weight excluding hydrogens is 340 g/mol. The fourth-order valence-electron chi connectivity index (χ4n) is 2.53. The highest BCUT2D eigenvalue weighted by Gasteiger charge is 2.07. The molecule has 0 spiro atoms. The summed E-state index contributed by atoms with van der Waals surface area (Å²) < 4.78 is 5.63. The number of aromatic nitrogens is 2. The number of aryl methyl sites for hydroxylation is 2. The molecule has 0 unspecified atom stereocenters. The number of nitrogens with one attached hydrogen (secondary N) is 2. The average Bonchev–Trinajstić information content (AvgIpc) is 2.65. The number of anilines is 3. The average molecular weight is 362 g/mol. The number of ether oxygens (including phenoxy) is 1. The van der Waals surface area contributed by atoms with Gasteiger partial charge in [-0.3, -0.25) is 4.79 Å². The molecule has 0 saturated carbocycles. The molecule has 0 aliphatic heterocycles. The quantitative estimate of drug-likeness (QED) is 0.688. The van der Waals surface area contributed by atoms with Crippen molar-refractivity contribution < 1.29 is 9.53 Å². The molecule has 6 heteroatoms. The van der Waals surface area contributed by atoms with Crippen molar-refractivity contribution in [3.05, 3.63) is 71.7 Å². The standard InChI is InChI=1S/C21H22N4O2/c1-14-5-4-6-19(16(14)3)27-12-21(26)25-18-9-7-17(8-10-18)24-20-11-15(2)22-13-23-20/h4-11,13H,12H2,1-3H3,(H,25,26)(H,22,23,24). The Labute approximate surface area is 158 Å². The third kappa shape index (κ3) is 5.04. The van der Waals surface area contributed by atoms with E-state index in [1.807, 2.05) is 69.3 Å². The lowest BCUT2D eigenvalue weighted by Gasteiger charge is -2.11. The lowest BCUT2D eigenvalue weighted by atomic mass is 10.1. The van der Waals surface area contributed by atoms with E-state index in [2.05, 4.69) is 20.6 Å². The third-order valence-corrected chi connectivity index (χ3v) is 4.16. The van der Waals surface area contributed by atoms with Crippen molar-refractivity contribution in [2.24, 2.45) is 0 Å². The molecule has 1 heterocycles. The van der Waals surface area contributed by atoms with E-state index < -0.39 is 0 Å². The first-order chi connectivity index (χ1) is 13.0. The van der Waals surface area contributed by atoms with Crippen LogP contribution in [-0.4, -0.2) is 22.5 Å². The van der Waals surface area contributed by atoms with Crippen LogP contribution in [0.25, 0.3) is 0 Å². The minimum absolute atomic E-state index is 0.0372. The summed E-state index contributed by atoms with van der Waals surface area (Å²) in [5.41, 5.74) is 4.64. The van der Waals surface area contributed by atoms with Crippen LogP contribution in [-0.2, 0) is 4.79 Å². The molecule has 0 fully saturated rings. The molecule has 0 atom stereocenters. The van der Waals surface area contributed by atoms with Crippen molar-refractivity contribution >= 4 is 23.1 Å². The number of hydrogen-bond donors (Lipinski definition) is 2. The van der Waals surface area contributed by atoms with Crippen LogP contribution in [0.15, 0.2) is 54.9 Å². The Balaban J connectivity index is 1.54. The summed E-state index contributed by atoms with van der Waals surface area (Å²) in [6.07, 6.45) is 1.52. The molecule has 0 aliphatic carbocycles. The number of carbonyl (C=O) groups excluding carboxylic acids is 1. The van der Waals surface area contributed by atoms with Gasteiger partial charge in [0.05, 0.1) is 0 Å². The van der Waals surface area contributed by atoms with E-state index in [1.54, 1.807) is 0 Å². The van der Waals surface area contributed by atoms with Crippen molar-refractivity contribution in [1.29, 1.82) is 0 Å². The zero-order valence-electron chi connectivity index (χ0n) is 15.6. The first-order valence-electron chi connectivity index (χ1n) is 8.66. The summed E-state index contributed by atoms with van der Waals surface area (Å²) in [6, 6.07) is 15.1. The molecule has 6 nitrogen and oxygen atoms in total. The second-order valence-electron chi connectivity index (χ2n) is 6.28. The highest BCUT2D eigenvalue weighted by Crippen LogP contribution is 2.21.